The zero-order chi connectivity index (χ0) is 15.8. The largest absolute Gasteiger partial charge is 0.368 e. The van der Waals surface area contributed by atoms with Crippen LogP contribution in [0, 0.1) is 11.3 Å². The fourth-order valence-corrected chi connectivity index (χ4v) is 3.50. The maximum Gasteiger partial charge on any atom is 0.258 e. The molecule has 21 heavy (non-hydrogen) atoms. The summed E-state index contributed by atoms with van der Waals surface area (Å²) in [4.78, 5) is 34.9. The van der Waals surface area contributed by atoms with E-state index in [0.717, 1.165) is 11.3 Å². The molecule has 2 fully saturated rings. The molecular formula is C13H19F2N3O3. The van der Waals surface area contributed by atoms with Crippen molar-refractivity contribution >= 4 is 17.7 Å². The van der Waals surface area contributed by atoms with Crippen molar-refractivity contribution in [2.24, 2.45) is 22.8 Å². The van der Waals surface area contributed by atoms with Gasteiger partial charge in [-0.2, -0.15) is 0 Å². The molecule has 2 rings (SSSR count). The van der Waals surface area contributed by atoms with Gasteiger partial charge in [0.05, 0.1) is 18.5 Å². The lowest BCUT2D eigenvalue weighted by Crippen LogP contribution is -2.44. The highest BCUT2D eigenvalue weighted by molar-refractivity contribution is 5.88. The summed E-state index contributed by atoms with van der Waals surface area (Å²) < 4.78 is 27.9. The van der Waals surface area contributed by atoms with E-state index in [-0.39, 0.29) is 12.8 Å². The highest BCUT2D eigenvalue weighted by Gasteiger charge is 2.80. The Morgan fingerprint density at radius 2 is 1.67 bits per heavy atom. The van der Waals surface area contributed by atoms with Crippen LogP contribution in [-0.4, -0.2) is 41.6 Å². The fourth-order valence-electron chi connectivity index (χ4n) is 3.50. The monoisotopic (exact) mass is 303 g/mol. The van der Waals surface area contributed by atoms with E-state index in [4.69, 9.17) is 11.5 Å². The Bertz CT molecular complexity index is 467. The molecule has 2 aliphatic carbocycles. The van der Waals surface area contributed by atoms with Crippen LogP contribution in [0.2, 0.25) is 0 Å². The molecule has 2 aliphatic rings. The van der Waals surface area contributed by atoms with E-state index >= 15 is 0 Å². The van der Waals surface area contributed by atoms with Crippen molar-refractivity contribution in [2.45, 2.75) is 38.0 Å². The molecule has 6 nitrogen and oxygen atoms in total. The van der Waals surface area contributed by atoms with Crippen molar-refractivity contribution < 1.29 is 23.2 Å². The van der Waals surface area contributed by atoms with Crippen LogP contribution in [0.25, 0.3) is 0 Å². The molecule has 2 saturated carbocycles. The lowest BCUT2D eigenvalue weighted by Gasteiger charge is -2.25. The average molecular weight is 303 g/mol. The first-order chi connectivity index (χ1) is 9.70. The SMILES string of the molecule is NC(=O)CN(CC(N)=O)C(=O)CC12CCCCC1C2(F)F. The molecule has 4 N–H and O–H groups in total. The van der Waals surface area contributed by atoms with Gasteiger partial charge in [0.25, 0.3) is 5.92 Å². The Hall–Kier alpha value is -1.73. The number of alkyl halides is 2. The Balaban J connectivity index is 2.08. The van der Waals surface area contributed by atoms with Gasteiger partial charge in [0.15, 0.2) is 0 Å². The summed E-state index contributed by atoms with van der Waals surface area (Å²) in [5, 5.41) is 0. The number of hydrogen-bond donors (Lipinski definition) is 2. The molecule has 0 aromatic carbocycles. The number of nitrogens with two attached hydrogens (primary N) is 2. The summed E-state index contributed by atoms with van der Waals surface area (Å²) in [6, 6.07) is 0. The second-order valence-corrected chi connectivity index (χ2v) is 5.94. The predicted octanol–water partition coefficient (Wildman–Crippen LogP) is 0.00120. The number of hydrogen-bond acceptors (Lipinski definition) is 3. The minimum Gasteiger partial charge on any atom is -0.368 e. The highest BCUT2D eigenvalue weighted by Crippen LogP contribution is 2.73. The molecule has 0 aliphatic heterocycles. The van der Waals surface area contributed by atoms with Gasteiger partial charge in [0.2, 0.25) is 17.7 Å². The van der Waals surface area contributed by atoms with Crippen molar-refractivity contribution in [3.8, 4) is 0 Å². The summed E-state index contributed by atoms with van der Waals surface area (Å²) in [6.45, 7) is -0.984. The van der Waals surface area contributed by atoms with E-state index in [2.05, 4.69) is 0 Å². The number of carbonyl (C=O) groups is 3. The molecule has 2 unspecified atom stereocenters. The molecule has 0 bridgehead atoms. The minimum absolute atomic E-state index is 0.289. The van der Waals surface area contributed by atoms with Crippen LogP contribution in [0.1, 0.15) is 32.1 Å². The second-order valence-electron chi connectivity index (χ2n) is 5.94. The van der Waals surface area contributed by atoms with Crippen molar-refractivity contribution in [3.05, 3.63) is 0 Å². The quantitative estimate of drug-likeness (QED) is 0.721. The maximum atomic E-state index is 14.0. The summed E-state index contributed by atoms with van der Waals surface area (Å²) >= 11 is 0. The summed E-state index contributed by atoms with van der Waals surface area (Å²) in [6.07, 6.45) is 1.72. The first kappa shape index (κ1) is 15.7. The van der Waals surface area contributed by atoms with Gasteiger partial charge < -0.3 is 16.4 Å². The molecule has 0 heterocycles. The van der Waals surface area contributed by atoms with Gasteiger partial charge in [0.1, 0.15) is 0 Å². The van der Waals surface area contributed by atoms with Crippen LogP contribution in [0.3, 0.4) is 0 Å². The van der Waals surface area contributed by atoms with Gasteiger partial charge in [-0.05, 0) is 12.8 Å². The molecular weight excluding hydrogens is 284 g/mol. The van der Waals surface area contributed by atoms with Crippen molar-refractivity contribution in [3.63, 3.8) is 0 Å². The topological polar surface area (TPSA) is 106 Å². The van der Waals surface area contributed by atoms with Crippen molar-refractivity contribution in [1.29, 1.82) is 0 Å². The summed E-state index contributed by atoms with van der Waals surface area (Å²) in [5.41, 5.74) is 8.70. The number of halogens is 2. The lowest BCUT2D eigenvalue weighted by molar-refractivity contribution is -0.140. The van der Waals surface area contributed by atoms with E-state index in [1.54, 1.807) is 0 Å². The Morgan fingerprint density at radius 1 is 1.10 bits per heavy atom. The third kappa shape index (κ3) is 2.71. The van der Waals surface area contributed by atoms with Crippen LogP contribution in [0.5, 0.6) is 0 Å². The number of rotatable bonds is 6. The highest BCUT2D eigenvalue weighted by atomic mass is 19.3. The molecule has 2 atom stereocenters. The van der Waals surface area contributed by atoms with Crippen LogP contribution >= 0.6 is 0 Å². The zero-order valence-electron chi connectivity index (χ0n) is 11.6. The van der Waals surface area contributed by atoms with Gasteiger partial charge in [-0.1, -0.05) is 12.8 Å². The van der Waals surface area contributed by atoms with Crippen molar-refractivity contribution in [2.75, 3.05) is 13.1 Å². The van der Waals surface area contributed by atoms with E-state index in [1.807, 2.05) is 0 Å². The van der Waals surface area contributed by atoms with Gasteiger partial charge in [-0.3, -0.25) is 14.4 Å². The standard InChI is InChI=1S/C13H19F2N3O3/c14-13(15)8-3-1-2-4-12(8,13)5-11(21)18(6-9(16)19)7-10(17)20/h8H,1-7H2,(H2,16,19)(H2,17,20). The van der Waals surface area contributed by atoms with Crippen molar-refractivity contribution in [1.82, 2.24) is 4.90 Å². The third-order valence-electron chi connectivity index (χ3n) is 4.56. The Kier molecular flexibility index (Phi) is 3.90. The van der Waals surface area contributed by atoms with Gasteiger partial charge in [-0.25, -0.2) is 8.78 Å². The van der Waals surface area contributed by atoms with Crippen LogP contribution in [-0.2, 0) is 14.4 Å². The molecule has 118 valence electrons. The number of nitrogens with zero attached hydrogens (tertiary/aromatic N) is 1. The van der Waals surface area contributed by atoms with Gasteiger partial charge in [-0.15, -0.1) is 0 Å². The first-order valence-corrected chi connectivity index (χ1v) is 6.93. The Morgan fingerprint density at radius 3 is 2.14 bits per heavy atom. The molecule has 0 aromatic heterocycles. The molecule has 0 aromatic rings. The van der Waals surface area contributed by atoms with Crippen LogP contribution < -0.4 is 11.5 Å². The summed E-state index contributed by atoms with van der Waals surface area (Å²) in [7, 11) is 0. The third-order valence-corrected chi connectivity index (χ3v) is 4.56. The lowest BCUT2D eigenvalue weighted by atomic mass is 9.85. The van der Waals surface area contributed by atoms with E-state index in [9.17, 15) is 23.2 Å². The average Bonchev–Trinajstić information content (AvgIpc) is 2.84. The van der Waals surface area contributed by atoms with Crippen LogP contribution in [0.4, 0.5) is 8.78 Å². The summed E-state index contributed by atoms with van der Waals surface area (Å²) in [5.74, 6) is -5.91. The second kappa shape index (κ2) is 5.23. The number of carbonyl (C=O) groups excluding carboxylic acids is 3. The molecule has 0 saturated heterocycles. The van der Waals surface area contributed by atoms with E-state index in [0.29, 0.717) is 12.8 Å². The van der Waals surface area contributed by atoms with Gasteiger partial charge in [0, 0.05) is 12.3 Å². The number of fused-ring (bicyclic) bond motifs is 1. The normalized spacial score (nSPS) is 29.3. The smallest absolute Gasteiger partial charge is 0.258 e. The maximum absolute atomic E-state index is 14.0. The molecule has 0 radical (unpaired) electrons. The van der Waals surface area contributed by atoms with E-state index < -0.39 is 48.1 Å². The van der Waals surface area contributed by atoms with Crippen LogP contribution in [0.15, 0.2) is 0 Å². The molecule has 0 spiro atoms. The minimum atomic E-state index is -2.84. The fraction of sp³-hybridized carbons (Fsp3) is 0.769. The number of primary amides is 2. The predicted molar refractivity (Wildman–Crippen MR) is 68.9 cm³/mol. The molecule has 3 amide bonds. The number of amides is 3. The van der Waals surface area contributed by atoms with Gasteiger partial charge >= 0.3 is 0 Å². The molecule has 8 heteroatoms. The Labute approximate surface area is 120 Å². The zero-order valence-corrected chi connectivity index (χ0v) is 11.6. The first-order valence-electron chi connectivity index (χ1n) is 6.93. The van der Waals surface area contributed by atoms with E-state index in [1.165, 1.54) is 0 Å².